The molecule has 3 fully saturated rings. The van der Waals surface area contributed by atoms with Crippen molar-refractivity contribution in [2.75, 3.05) is 26.3 Å². The molecule has 1 amide bonds. The first-order chi connectivity index (χ1) is 22.6. The first-order valence-electron chi connectivity index (χ1n) is 16.1. The lowest BCUT2D eigenvalue weighted by Gasteiger charge is -2.43. The average molecular weight is 663 g/mol. The van der Waals surface area contributed by atoms with E-state index in [1.54, 1.807) is 53.4 Å². The van der Waals surface area contributed by atoms with E-state index in [0.29, 0.717) is 36.8 Å². The zero-order valence-corrected chi connectivity index (χ0v) is 26.0. The van der Waals surface area contributed by atoms with Gasteiger partial charge in [0.1, 0.15) is 36.6 Å². The van der Waals surface area contributed by atoms with Crippen LogP contribution in [0.5, 0.6) is 0 Å². The molecule has 3 unspecified atom stereocenters. The summed E-state index contributed by atoms with van der Waals surface area (Å²) in [5.74, 6) is 0. The van der Waals surface area contributed by atoms with Gasteiger partial charge in [-0.05, 0) is 25.7 Å². The molecule has 1 aliphatic carbocycles. The molecule has 47 heavy (non-hydrogen) atoms. The van der Waals surface area contributed by atoms with E-state index in [2.05, 4.69) is 5.32 Å². The van der Waals surface area contributed by atoms with Gasteiger partial charge in [0.15, 0.2) is 12.6 Å². The van der Waals surface area contributed by atoms with Gasteiger partial charge in [0.25, 0.3) is 0 Å². The highest BCUT2D eigenvalue weighted by molar-refractivity contribution is 5.64. The molecule has 2 aromatic carbocycles. The van der Waals surface area contributed by atoms with Gasteiger partial charge in [0.2, 0.25) is 0 Å². The molecule has 2 aliphatic heterocycles. The van der Waals surface area contributed by atoms with Crippen LogP contribution >= 0.6 is 0 Å². The molecule has 0 spiro atoms. The summed E-state index contributed by atoms with van der Waals surface area (Å²) in [6.45, 7) is -0.582. The monoisotopic (exact) mass is 662 g/mol. The number of ether oxygens (including phenoxy) is 4. The number of hydrogen-bond donors (Lipinski definition) is 8. The van der Waals surface area contributed by atoms with Crippen LogP contribution in [0, 0.1) is 0 Å². The molecule has 2 saturated heterocycles. The number of carbonyl (C=O) groups is 1. The van der Waals surface area contributed by atoms with Crippen molar-refractivity contribution in [2.45, 2.75) is 99.2 Å². The smallest absolute Gasteiger partial charge is 0.404 e. The van der Waals surface area contributed by atoms with Crippen LogP contribution in [0.4, 0.5) is 4.79 Å². The van der Waals surface area contributed by atoms with E-state index in [-0.39, 0.29) is 38.4 Å². The Morgan fingerprint density at radius 3 is 1.55 bits per heavy atom. The van der Waals surface area contributed by atoms with Crippen molar-refractivity contribution in [1.82, 2.24) is 10.2 Å². The number of nitrogens with zero attached hydrogens (tertiary/aromatic N) is 1. The van der Waals surface area contributed by atoms with Crippen LogP contribution in [-0.2, 0) is 18.9 Å². The van der Waals surface area contributed by atoms with Crippen LogP contribution in [0.15, 0.2) is 60.7 Å². The lowest BCUT2D eigenvalue weighted by atomic mass is 9.89. The molecule has 2 aromatic rings. The first-order valence-corrected chi connectivity index (χ1v) is 16.1. The Labute approximate surface area is 273 Å². The van der Waals surface area contributed by atoms with E-state index < -0.39 is 67.5 Å². The van der Waals surface area contributed by atoms with Crippen LogP contribution in [0.1, 0.15) is 49.4 Å². The standard InChI is InChI=1S/C33H46N2O12/c36-23(27(40)29-25(38)17-44-31(46-29)19-7-3-1-4-8-19)15-35(22-13-11-21(12-14-22)34-33(42)43)16-24(37)28(41)30-26(39)18-45-32(47-30)20-9-5-2-6-10-20/h1-10,21-32,34,36-41H,11-18H2,(H,42,43)/t21-,22+,23-,24-,25+,26+,27+,28+,29+,30?,31?,32?/m0/s1. The third kappa shape index (κ3) is 9.25. The third-order valence-electron chi connectivity index (χ3n) is 9.15. The molecule has 3 aliphatic rings. The fourth-order valence-corrected chi connectivity index (χ4v) is 6.56. The van der Waals surface area contributed by atoms with Crippen molar-refractivity contribution in [3.63, 3.8) is 0 Å². The Kier molecular flexibility index (Phi) is 12.6. The van der Waals surface area contributed by atoms with Gasteiger partial charge >= 0.3 is 6.09 Å². The molecule has 2 heterocycles. The van der Waals surface area contributed by atoms with Crippen LogP contribution in [0.3, 0.4) is 0 Å². The number of benzene rings is 2. The Balaban J connectivity index is 1.27. The number of amides is 1. The SMILES string of the molecule is O=C(O)N[C@H]1CC[C@@H](N(C[C@H](O)[C@@H](O)[C@@H]2OC(c3ccccc3)OC[C@H]2O)C[C@H](O)[C@@H](O)C2OC(c3ccccc3)OC[C@H]2O)CC1. The maximum atomic E-state index is 11.3. The normalized spacial score (nSPS) is 32.7. The number of rotatable bonds is 12. The minimum Gasteiger partial charge on any atom is -0.465 e. The first kappa shape index (κ1) is 35.6. The predicted molar refractivity (Wildman–Crippen MR) is 165 cm³/mol. The van der Waals surface area contributed by atoms with E-state index in [9.17, 15) is 35.4 Å². The summed E-state index contributed by atoms with van der Waals surface area (Å²) in [4.78, 5) is 12.9. The van der Waals surface area contributed by atoms with E-state index >= 15 is 0 Å². The fraction of sp³-hybridized carbons (Fsp3) is 0.606. The lowest BCUT2D eigenvalue weighted by molar-refractivity contribution is -0.285. The van der Waals surface area contributed by atoms with Gasteiger partial charge in [-0.15, -0.1) is 0 Å². The molecule has 1 saturated carbocycles. The highest BCUT2D eigenvalue weighted by Crippen LogP contribution is 2.32. The molecule has 10 atom stereocenters. The molecular formula is C33H46N2O12. The van der Waals surface area contributed by atoms with Gasteiger partial charge in [-0.3, -0.25) is 4.90 Å². The highest BCUT2D eigenvalue weighted by atomic mass is 16.7. The van der Waals surface area contributed by atoms with Gasteiger partial charge in [-0.2, -0.15) is 0 Å². The Morgan fingerprint density at radius 2 is 1.15 bits per heavy atom. The zero-order chi connectivity index (χ0) is 33.5. The number of carboxylic acid groups (broad SMARTS) is 1. The number of nitrogens with one attached hydrogen (secondary N) is 1. The molecule has 8 N–H and O–H groups in total. The predicted octanol–water partition coefficient (Wildman–Crippen LogP) is 0.261. The third-order valence-corrected chi connectivity index (χ3v) is 9.15. The summed E-state index contributed by atoms with van der Waals surface area (Å²) < 4.78 is 23.0. The lowest BCUT2D eigenvalue weighted by Crippen LogP contribution is -2.58. The molecule has 0 radical (unpaired) electrons. The topological polar surface area (TPSA) is 211 Å². The average Bonchev–Trinajstić information content (AvgIpc) is 3.08. The van der Waals surface area contributed by atoms with Crippen LogP contribution in [-0.4, -0.2) is 134 Å². The molecule has 14 heteroatoms. The largest absolute Gasteiger partial charge is 0.465 e. The van der Waals surface area contributed by atoms with Crippen molar-refractivity contribution in [1.29, 1.82) is 0 Å². The van der Waals surface area contributed by atoms with Gasteiger partial charge in [0, 0.05) is 36.3 Å². The number of hydrogen-bond acceptors (Lipinski definition) is 12. The molecule has 0 aromatic heterocycles. The van der Waals surface area contributed by atoms with Crippen molar-refractivity contribution in [2.24, 2.45) is 0 Å². The Hall–Kier alpha value is -2.73. The van der Waals surface area contributed by atoms with Gasteiger partial charge < -0.3 is 60.0 Å². The molecule has 260 valence electrons. The summed E-state index contributed by atoms with van der Waals surface area (Å²) in [5.41, 5.74) is 1.37. The summed E-state index contributed by atoms with van der Waals surface area (Å²) in [6, 6.07) is 17.5. The molecule has 14 nitrogen and oxygen atoms in total. The van der Waals surface area contributed by atoms with Gasteiger partial charge in [0.05, 0.1) is 25.4 Å². The summed E-state index contributed by atoms with van der Waals surface area (Å²) in [7, 11) is 0. The number of aliphatic hydroxyl groups is 6. The molecular weight excluding hydrogens is 616 g/mol. The molecule has 0 bridgehead atoms. The van der Waals surface area contributed by atoms with E-state index in [0.717, 1.165) is 0 Å². The van der Waals surface area contributed by atoms with Crippen LogP contribution in [0.25, 0.3) is 0 Å². The van der Waals surface area contributed by atoms with Crippen molar-refractivity contribution in [3.8, 4) is 0 Å². The van der Waals surface area contributed by atoms with Gasteiger partial charge in [-0.25, -0.2) is 4.79 Å². The van der Waals surface area contributed by atoms with Crippen LogP contribution in [0.2, 0.25) is 0 Å². The summed E-state index contributed by atoms with van der Waals surface area (Å²) in [6.07, 6.45) is -11.6. The molecule has 5 rings (SSSR count). The quantitative estimate of drug-likeness (QED) is 0.154. The Morgan fingerprint density at radius 1 is 0.723 bits per heavy atom. The second-order valence-electron chi connectivity index (χ2n) is 12.5. The number of aliphatic hydroxyl groups excluding tert-OH is 6. The minimum atomic E-state index is -1.54. The zero-order valence-electron chi connectivity index (χ0n) is 26.0. The van der Waals surface area contributed by atoms with E-state index in [1.165, 1.54) is 0 Å². The Bertz CT molecular complexity index is 1160. The van der Waals surface area contributed by atoms with Crippen LogP contribution < -0.4 is 5.32 Å². The van der Waals surface area contributed by atoms with Crippen molar-refractivity contribution in [3.05, 3.63) is 71.8 Å². The maximum Gasteiger partial charge on any atom is 0.404 e. The minimum absolute atomic E-state index is 0.124. The highest BCUT2D eigenvalue weighted by Gasteiger charge is 2.43. The summed E-state index contributed by atoms with van der Waals surface area (Å²) in [5, 5.41) is 77.9. The van der Waals surface area contributed by atoms with Crippen molar-refractivity contribution >= 4 is 6.09 Å². The van der Waals surface area contributed by atoms with E-state index in [1.807, 2.05) is 12.1 Å². The maximum absolute atomic E-state index is 11.3. The van der Waals surface area contributed by atoms with Crippen molar-refractivity contribution < 1.29 is 59.5 Å². The summed E-state index contributed by atoms with van der Waals surface area (Å²) >= 11 is 0. The van der Waals surface area contributed by atoms with Gasteiger partial charge in [-0.1, -0.05) is 60.7 Å². The van der Waals surface area contributed by atoms with E-state index in [4.69, 9.17) is 24.1 Å². The fourth-order valence-electron chi connectivity index (χ4n) is 6.56. The second kappa shape index (κ2) is 16.6. The second-order valence-corrected chi connectivity index (χ2v) is 12.5.